The minimum absolute atomic E-state index is 0.0255. The van der Waals surface area contributed by atoms with Crippen molar-refractivity contribution in [3.8, 4) is 0 Å². The van der Waals surface area contributed by atoms with Gasteiger partial charge in [-0.1, -0.05) is 17.7 Å². The predicted molar refractivity (Wildman–Crippen MR) is 95.1 cm³/mol. The highest BCUT2D eigenvalue weighted by Gasteiger charge is 2.36. The van der Waals surface area contributed by atoms with Crippen molar-refractivity contribution < 1.29 is 22.8 Å². The molecule has 3 rings (SSSR count). The summed E-state index contributed by atoms with van der Waals surface area (Å²) < 4.78 is 27.8. The maximum absolute atomic E-state index is 12.8. The minimum Gasteiger partial charge on any atom is -0.295 e. The molecule has 9 heteroatoms. The average molecular weight is 393 g/mol. The zero-order chi connectivity index (χ0) is 19.2. The van der Waals surface area contributed by atoms with Gasteiger partial charge in [-0.3, -0.25) is 24.0 Å². The molecule has 2 amide bonds. The van der Waals surface area contributed by atoms with E-state index in [-0.39, 0.29) is 38.1 Å². The monoisotopic (exact) mass is 392 g/mol. The molecule has 0 saturated heterocycles. The van der Waals surface area contributed by atoms with Crippen molar-refractivity contribution in [1.29, 1.82) is 0 Å². The van der Waals surface area contributed by atoms with Crippen molar-refractivity contribution in [3.63, 3.8) is 0 Å². The van der Waals surface area contributed by atoms with Crippen LogP contribution in [0.3, 0.4) is 0 Å². The van der Waals surface area contributed by atoms with Crippen molar-refractivity contribution in [1.82, 2.24) is 4.90 Å². The second kappa shape index (κ2) is 6.22. The topological polar surface area (TPSA) is 101 Å². The molecule has 2 aromatic carbocycles. The van der Waals surface area contributed by atoms with Crippen molar-refractivity contribution >= 4 is 44.9 Å². The van der Waals surface area contributed by atoms with Gasteiger partial charge in [-0.25, -0.2) is 8.42 Å². The number of rotatable bonds is 4. The first kappa shape index (κ1) is 18.1. The van der Waals surface area contributed by atoms with Gasteiger partial charge in [-0.05, 0) is 37.3 Å². The Bertz CT molecular complexity index is 1080. The molecule has 0 aromatic heterocycles. The quantitative estimate of drug-likeness (QED) is 0.636. The van der Waals surface area contributed by atoms with Crippen molar-refractivity contribution in [2.45, 2.75) is 11.8 Å². The van der Waals surface area contributed by atoms with Crippen LogP contribution in [0.5, 0.6) is 0 Å². The standard InChI is InChI=1S/C17H13ClN2O5S/c1-9(21)10-6-7-12(18)14(8-10)26(24,25)19-13-5-3-4-11-15(13)17(23)20(2)16(11)22/h3-8,19H,1-2H3. The van der Waals surface area contributed by atoms with E-state index in [1.165, 1.54) is 44.3 Å². The summed E-state index contributed by atoms with van der Waals surface area (Å²) in [5.74, 6) is -1.43. The molecule has 0 bridgehead atoms. The summed E-state index contributed by atoms with van der Waals surface area (Å²) in [4.78, 5) is 36.4. The van der Waals surface area contributed by atoms with Crippen LogP contribution in [0.25, 0.3) is 0 Å². The Kier molecular flexibility index (Phi) is 4.33. The van der Waals surface area contributed by atoms with Crippen molar-refractivity contribution in [2.24, 2.45) is 0 Å². The summed E-state index contributed by atoms with van der Waals surface area (Å²) in [5.41, 5.74) is 0.234. The van der Waals surface area contributed by atoms with Gasteiger partial charge in [0.25, 0.3) is 21.8 Å². The van der Waals surface area contributed by atoms with Gasteiger partial charge in [0, 0.05) is 12.6 Å². The van der Waals surface area contributed by atoms with E-state index in [9.17, 15) is 22.8 Å². The molecular weight excluding hydrogens is 380 g/mol. The second-order valence-electron chi connectivity index (χ2n) is 5.70. The summed E-state index contributed by atoms with van der Waals surface area (Å²) >= 11 is 5.98. The third-order valence-electron chi connectivity index (χ3n) is 3.99. The Balaban J connectivity index is 2.09. The lowest BCUT2D eigenvalue weighted by molar-refractivity contribution is 0.0693. The molecule has 0 aliphatic carbocycles. The first-order valence-corrected chi connectivity index (χ1v) is 9.28. The van der Waals surface area contributed by atoms with Gasteiger partial charge >= 0.3 is 0 Å². The number of fused-ring (bicyclic) bond motifs is 1. The lowest BCUT2D eigenvalue weighted by Crippen LogP contribution is -2.24. The molecule has 134 valence electrons. The molecule has 0 fully saturated rings. The van der Waals surface area contributed by atoms with Gasteiger partial charge in [0.05, 0.1) is 21.8 Å². The van der Waals surface area contributed by atoms with Crippen LogP contribution in [0, 0.1) is 0 Å². The van der Waals surface area contributed by atoms with Gasteiger partial charge in [-0.2, -0.15) is 0 Å². The SMILES string of the molecule is CC(=O)c1ccc(Cl)c(S(=O)(=O)Nc2cccc3c2C(=O)N(C)C3=O)c1. The van der Waals surface area contributed by atoms with Gasteiger partial charge in [0.1, 0.15) is 4.90 Å². The van der Waals surface area contributed by atoms with Gasteiger partial charge in [0.2, 0.25) is 0 Å². The molecule has 7 nitrogen and oxygen atoms in total. The van der Waals surface area contributed by atoms with E-state index in [1.54, 1.807) is 0 Å². The third kappa shape index (κ3) is 2.87. The van der Waals surface area contributed by atoms with Gasteiger partial charge in [0.15, 0.2) is 5.78 Å². The Morgan fingerprint density at radius 2 is 1.81 bits per heavy atom. The van der Waals surface area contributed by atoms with Crippen molar-refractivity contribution in [2.75, 3.05) is 11.8 Å². The Labute approximate surface area is 154 Å². The van der Waals surface area contributed by atoms with E-state index in [4.69, 9.17) is 11.6 Å². The number of halogens is 1. The molecule has 0 atom stereocenters. The molecule has 1 aliphatic heterocycles. The molecule has 1 aliphatic rings. The smallest absolute Gasteiger partial charge is 0.263 e. The molecule has 1 heterocycles. The number of Topliss-reactive ketones (excluding diaryl/α,β-unsaturated/α-hetero) is 1. The van der Waals surface area contributed by atoms with Crippen LogP contribution in [-0.4, -0.2) is 38.0 Å². The highest BCUT2D eigenvalue weighted by atomic mass is 35.5. The number of hydrogen-bond acceptors (Lipinski definition) is 5. The van der Waals surface area contributed by atoms with E-state index in [0.29, 0.717) is 0 Å². The molecule has 26 heavy (non-hydrogen) atoms. The number of sulfonamides is 1. The number of ketones is 1. The predicted octanol–water partition coefficient (Wildman–Crippen LogP) is 2.57. The van der Waals surface area contributed by atoms with E-state index < -0.39 is 21.8 Å². The first-order chi connectivity index (χ1) is 12.1. The van der Waals surface area contributed by atoms with Crippen LogP contribution in [0.2, 0.25) is 5.02 Å². The van der Waals surface area contributed by atoms with Crippen LogP contribution in [0.1, 0.15) is 38.0 Å². The molecule has 2 aromatic rings. The Morgan fingerprint density at radius 3 is 2.46 bits per heavy atom. The average Bonchev–Trinajstić information content (AvgIpc) is 2.80. The van der Waals surface area contributed by atoms with E-state index >= 15 is 0 Å². The maximum atomic E-state index is 12.8. The second-order valence-corrected chi connectivity index (χ2v) is 7.76. The molecule has 0 spiro atoms. The number of imide groups is 1. The van der Waals surface area contributed by atoms with Crippen molar-refractivity contribution in [3.05, 3.63) is 58.1 Å². The zero-order valence-corrected chi connectivity index (χ0v) is 15.3. The Hall–Kier alpha value is -2.71. The molecule has 0 saturated carbocycles. The molecule has 0 radical (unpaired) electrons. The maximum Gasteiger partial charge on any atom is 0.263 e. The molecular formula is C17H13ClN2O5S. The molecule has 1 N–H and O–H groups in total. The lowest BCUT2D eigenvalue weighted by atomic mass is 10.1. The number of nitrogens with zero attached hydrogens (tertiary/aromatic N) is 1. The Morgan fingerprint density at radius 1 is 1.12 bits per heavy atom. The number of nitrogens with one attached hydrogen (secondary N) is 1. The third-order valence-corrected chi connectivity index (χ3v) is 5.84. The first-order valence-electron chi connectivity index (χ1n) is 7.42. The number of anilines is 1. The van der Waals surface area contributed by atoms with Crippen LogP contribution in [-0.2, 0) is 10.0 Å². The fourth-order valence-electron chi connectivity index (χ4n) is 2.61. The van der Waals surface area contributed by atoms with Crippen LogP contribution in [0.4, 0.5) is 5.69 Å². The summed E-state index contributed by atoms with van der Waals surface area (Å²) in [6.45, 7) is 1.30. The van der Waals surface area contributed by atoms with Crippen LogP contribution in [0.15, 0.2) is 41.3 Å². The highest BCUT2D eigenvalue weighted by molar-refractivity contribution is 7.92. The highest BCUT2D eigenvalue weighted by Crippen LogP contribution is 2.31. The molecule has 0 unspecified atom stereocenters. The van der Waals surface area contributed by atoms with Gasteiger partial charge in [-0.15, -0.1) is 0 Å². The summed E-state index contributed by atoms with van der Waals surface area (Å²) in [6, 6.07) is 8.18. The number of carbonyl (C=O) groups excluding carboxylic acids is 3. The fraction of sp³-hybridized carbons (Fsp3) is 0.118. The van der Waals surface area contributed by atoms with Gasteiger partial charge < -0.3 is 0 Å². The normalized spacial score (nSPS) is 13.7. The zero-order valence-electron chi connectivity index (χ0n) is 13.7. The summed E-state index contributed by atoms with van der Waals surface area (Å²) in [7, 11) is -2.88. The van der Waals surface area contributed by atoms with E-state index in [2.05, 4.69) is 4.72 Å². The largest absolute Gasteiger partial charge is 0.295 e. The minimum atomic E-state index is -4.20. The summed E-state index contributed by atoms with van der Waals surface area (Å²) in [6.07, 6.45) is 0. The van der Waals surface area contributed by atoms with Crippen LogP contribution >= 0.6 is 11.6 Å². The van der Waals surface area contributed by atoms with E-state index in [0.717, 1.165) is 11.0 Å². The lowest BCUT2D eigenvalue weighted by Gasteiger charge is -2.12. The number of hydrogen-bond donors (Lipinski definition) is 1. The van der Waals surface area contributed by atoms with Crippen LogP contribution < -0.4 is 4.72 Å². The fourth-order valence-corrected chi connectivity index (χ4v) is 4.21. The number of carbonyl (C=O) groups is 3. The number of benzene rings is 2. The number of amides is 2. The van der Waals surface area contributed by atoms with E-state index in [1.807, 2.05) is 0 Å². The summed E-state index contributed by atoms with van der Waals surface area (Å²) in [5, 5.41) is -0.0744.